The van der Waals surface area contributed by atoms with E-state index in [0.29, 0.717) is 16.5 Å². The zero-order valence-corrected chi connectivity index (χ0v) is 13.5. The molecule has 0 aliphatic carbocycles. The zero-order chi connectivity index (χ0) is 15.4. The van der Waals surface area contributed by atoms with Crippen LogP contribution in [0.2, 0.25) is 10.0 Å². The highest BCUT2D eigenvalue weighted by Crippen LogP contribution is 2.27. The Labute approximate surface area is 135 Å². The zero-order valence-electron chi connectivity index (χ0n) is 12.0. The molecule has 0 radical (unpaired) electrons. The predicted molar refractivity (Wildman–Crippen MR) is 87.3 cm³/mol. The summed E-state index contributed by atoms with van der Waals surface area (Å²) in [5.41, 5.74) is 1.76. The summed E-state index contributed by atoms with van der Waals surface area (Å²) in [6.45, 7) is 3.94. The van der Waals surface area contributed by atoms with Crippen LogP contribution in [0.4, 0.5) is 0 Å². The highest BCUT2D eigenvalue weighted by Gasteiger charge is 2.11. The lowest BCUT2D eigenvalue weighted by Crippen LogP contribution is -2.07. The molecular formula is C17H18Cl2O2. The highest BCUT2D eigenvalue weighted by molar-refractivity contribution is 6.42. The van der Waals surface area contributed by atoms with E-state index in [-0.39, 0.29) is 6.10 Å². The van der Waals surface area contributed by atoms with E-state index in [1.165, 1.54) is 0 Å². The van der Waals surface area contributed by atoms with Gasteiger partial charge in [0, 0.05) is 6.42 Å². The second-order valence-electron chi connectivity index (χ2n) is 5.21. The van der Waals surface area contributed by atoms with Gasteiger partial charge in [-0.2, -0.15) is 0 Å². The minimum Gasteiger partial charge on any atom is -0.491 e. The molecule has 21 heavy (non-hydrogen) atoms. The second-order valence-corrected chi connectivity index (χ2v) is 6.02. The fourth-order valence-electron chi connectivity index (χ4n) is 2.08. The Morgan fingerprint density at radius 1 is 1.05 bits per heavy atom. The van der Waals surface area contributed by atoms with Crippen molar-refractivity contribution in [1.82, 2.24) is 0 Å². The van der Waals surface area contributed by atoms with E-state index in [1.54, 1.807) is 12.1 Å². The number of hydrogen-bond donors (Lipinski definition) is 1. The van der Waals surface area contributed by atoms with Gasteiger partial charge in [0.15, 0.2) is 0 Å². The molecule has 4 heteroatoms. The first-order chi connectivity index (χ1) is 9.95. The Balaban J connectivity index is 2.12. The molecule has 0 bridgehead atoms. The van der Waals surface area contributed by atoms with Crippen LogP contribution in [-0.2, 0) is 6.42 Å². The van der Waals surface area contributed by atoms with Gasteiger partial charge >= 0.3 is 0 Å². The first kappa shape index (κ1) is 16.2. The molecule has 2 rings (SSSR count). The van der Waals surface area contributed by atoms with Crippen molar-refractivity contribution in [1.29, 1.82) is 0 Å². The van der Waals surface area contributed by atoms with Gasteiger partial charge in [0.1, 0.15) is 5.75 Å². The molecule has 0 saturated heterocycles. The van der Waals surface area contributed by atoms with E-state index in [2.05, 4.69) is 0 Å². The van der Waals surface area contributed by atoms with Gasteiger partial charge in [-0.05, 0) is 49.2 Å². The molecule has 0 aliphatic rings. The number of aliphatic hydroxyl groups is 1. The van der Waals surface area contributed by atoms with Gasteiger partial charge in [0.25, 0.3) is 0 Å². The predicted octanol–water partition coefficient (Wildman–Crippen LogP) is 5.06. The molecule has 0 aromatic heterocycles. The summed E-state index contributed by atoms with van der Waals surface area (Å²) in [4.78, 5) is 0. The molecule has 2 aromatic rings. The molecule has 1 atom stereocenters. The minimum atomic E-state index is -0.613. The lowest BCUT2D eigenvalue weighted by molar-refractivity contribution is 0.177. The summed E-state index contributed by atoms with van der Waals surface area (Å²) >= 11 is 11.9. The van der Waals surface area contributed by atoms with Crippen LogP contribution >= 0.6 is 23.2 Å². The molecule has 0 spiro atoms. The quantitative estimate of drug-likeness (QED) is 0.833. The Morgan fingerprint density at radius 2 is 1.81 bits per heavy atom. The van der Waals surface area contributed by atoms with Crippen LogP contribution in [0.5, 0.6) is 5.75 Å². The number of hydrogen-bond acceptors (Lipinski definition) is 2. The normalized spacial score (nSPS) is 12.5. The molecule has 0 saturated carbocycles. The number of benzene rings is 2. The fourth-order valence-corrected chi connectivity index (χ4v) is 2.40. The first-order valence-electron chi connectivity index (χ1n) is 6.84. The van der Waals surface area contributed by atoms with Crippen molar-refractivity contribution in [3.63, 3.8) is 0 Å². The molecular weight excluding hydrogens is 307 g/mol. The van der Waals surface area contributed by atoms with Crippen molar-refractivity contribution in [2.45, 2.75) is 32.5 Å². The third-order valence-electron chi connectivity index (χ3n) is 3.03. The minimum absolute atomic E-state index is 0.104. The van der Waals surface area contributed by atoms with Crippen molar-refractivity contribution >= 4 is 23.2 Å². The molecule has 0 aliphatic heterocycles. The van der Waals surface area contributed by atoms with Crippen molar-refractivity contribution in [3.05, 3.63) is 63.6 Å². The highest BCUT2D eigenvalue weighted by atomic mass is 35.5. The average molecular weight is 325 g/mol. The van der Waals surface area contributed by atoms with Crippen LogP contribution in [0.3, 0.4) is 0 Å². The number of halogens is 2. The fraction of sp³-hybridized carbons (Fsp3) is 0.294. The van der Waals surface area contributed by atoms with Crippen LogP contribution in [0, 0.1) is 0 Å². The van der Waals surface area contributed by atoms with Gasteiger partial charge in [-0.15, -0.1) is 0 Å². The van der Waals surface area contributed by atoms with Gasteiger partial charge in [0.2, 0.25) is 0 Å². The summed E-state index contributed by atoms with van der Waals surface area (Å²) in [6, 6.07) is 12.9. The monoisotopic (exact) mass is 324 g/mol. The van der Waals surface area contributed by atoms with Crippen LogP contribution in [-0.4, -0.2) is 11.2 Å². The lowest BCUT2D eigenvalue weighted by atomic mass is 10.0. The summed E-state index contributed by atoms with van der Waals surface area (Å²) in [5.74, 6) is 0.760. The van der Waals surface area contributed by atoms with Gasteiger partial charge in [0.05, 0.1) is 22.3 Å². The van der Waals surface area contributed by atoms with E-state index in [0.717, 1.165) is 16.9 Å². The summed E-state index contributed by atoms with van der Waals surface area (Å²) < 4.78 is 5.64. The van der Waals surface area contributed by atoms with E-state index in [4.69, 9.17) is 27.9 Å². The lowest BCUT2D eigenvalue weighted by Gasteiger charge is -2.15. The second kappa shape index (κ2) is 7.17. The van der Waals surface area contributed by atoms with Gasteiger partial charge in [-0.25, -0.2) is 0 Å². The van der Waals surface area contributed by atoms with Crippen molar-refractivity contribution < 1.29 is 9.84 Å². The molecule has 2 aromatic carbocycles. The van der Waals surface area contributed by atoms with Crippen LogP contribution in [0.25, 0.3) is 0 Å². The van der Waals surface area contributed by atoms with Crippen LogP contribution in [0.15, 0.2) is 42.5 Å². The molecule has 1 unspecified atom stereocenters. The Bertz CT molecular complexity index is 611. The van der Waals surface area contributed by atoms with E-state index < -0.39 is 6.10 Å². The van der Waals surface area contributed by atoms with E-state index in [1.807, 2.05) is 44.2 Å². The van der Waals surface area contributed by atoms with E-state index >= 15 is 0 Å². The Kier molecular flexibility index (Phi) is 5.51. The topological polar surface area (TPSA) is 29.5 Å². The standard InChI is InChI=1S/C17H18Cl2O2/c1-11(2)21-14-5-3-4-13(10-14)17(20)9-12-6-7-15(18)16(19)8-12/h3-8,10-11,17,20H,9H2,1-2H3. The molecule has 0 amide bonds. The maximum atomic E-state index is 10.4. The van der Waals surface area contributed by atoms with Crippen LogP contribution in [0.1, 0.15) is 31.1 Å². The smallest absolute Gasteiger partial charge is 0.120 e. The van der Waals surface area contributed by atoms with Gasteiger partial charge in [-0.1, -0.05) is 41.4 Å². The van der Waals surface area contributed by atoms with Crippen molar-refractivity contribution in [3.8, 4) is 5.75 Å². The van der Waals surface area contributed by atoms with Crippen LogP contribution < -0.4 is 4.74 Å². The third-order valence-corrected chi connectivity index (χ3v) is 3.77. The number of rotatable bonds is 5. The van der Waals surface area contributed by atoms with E-state index in [9.17, 15) is 5.11 Å². The SMILES string of the molecule is CC(C)Oc1cccc(C(O)Cc2ccc(Cl)c(Cl)c2)c1. The van der Waals surface area contributed by atoms with Crippen molar-refractivity contribution in [2.24, 2.45) is 0 Å². The average Bonchev–Trinajstić information content (AvgIpc) is 2.42. The number of ether oxygens (including phenoxy) is 1. The molecule has 0 fully saturated rings. The van der Waals surface area contributed by atoms with Crippen molar-refractivity contribution in [2.75, 3.05) is 0 Å². The Morgan fingerprint density at radius 3 is 2.48 bits per heavy atom. The molecule has 2 nitrogen and oxygen atoms in total. The summed E-state index contributed by atoms with van der Waals surface area (Å²) in [6.07, 6.45) is -0.0346. The van der Waals surface area contributed by atoms with Gasteiger partial charge in [-0.3, -0.25) is 0 Å². The van der Waals surface area contributed by atoms with Gasteiger partial charge < -0.3 is 9.84 Å². The summed E-state index contributed by atoms with van der Waals surface area (Å²) in [7, 11) is 0. The maximum Gasteiger partial charge on any atom is 0.120 e. The third kappa shape index (κ3) is 4.63. The largest absolute Gasteiger partial charge is 0.491 e. The molecule has 112 valence electrons. The number of aliphatic hydroxyl groups excluding tert-OH is 1. The molecule has 1 N–H and O–H groups in total. The maximum absolute atomic E-state index is 10.4. The molecule has 0 heterocycles. The summed E-state index contributed by atoms with van der Waals surface area (Å²) in [5, 5.41) is 11.4. The Hall–Kier alpha value is -1.22. The first-order valence-corrected chi connectivity index (χ1v) is 7.60.